The lowest BCUT2D eigenvalue weighted by molar-refractivity contribution is -0.0449. The van der Waals surface area contributed by atoms with E-state index in [0.29, 0.717) is 6.42 Å². The Balaban J connectivity index is 2.75. The Morgan fingerprint density at radius 1 is 1.57 bits per heavy atom. The molecule has 0 aromatic heterocycles. The maximum Gasteiger partial charge on any atom is 0.506 e. The smallest absolute Gasteiger partial charge is 0.450 e. The topological polar surface area (TPSA) is 66.8 Å². The zero-order valence-electron chi connectivity index (χ0n) is 8.01. The van der Waals surface area contributed by atoms with Gasteiger partial charge in [0.05, 0.1) is 0 Å². The fourth-order valence-corrected chi connectivity index (χ4v) is 1.52. The molecule has 0 aromatic rings. The summed E-state index contributed by atoms with van der Waals surface area (Å²) in [5.41, 5.74) is -1.19. The van der Waals surface area contributed by atoms with Crippen molar-refractivity contribution in [1.82, 2.24) is 0 Å². The highest BCUT2D eigenvalue weighted by Gasteiger charge is 2.36. The second-order valence-corrected chi connectivity index (χ2v) is 3.29. The van der Waals surface area contributed by atoms with Crippen LogP contribution in [0.15, 0.2) is 24.3 Å². The van der Waals surface area contributed by atoms with Gasteiger partial charge in [-0.15, -0.1) is 0 Å². The first-order valence-corrected chi connectivity index (χ1v) is 4.56. The first-order chi connectivity index (χ1) is 6.58. The van der Waals surface area contributed by atoms with Crippen molar-refractivity contribution in [1.29, 1.82) is 0 Å². The molecule has 0 saturated carbocycles. The van der Waals surface area contributed by atoms with Crippen molar-refractivity contribution in [3.05, 3.63) is 24.3 Å². The van der Waals surface area contributed by atoms with Crippen LogP contribution >= 0.6 is 0 Å². The Labute approximate surface area is 82.5 Å². The molecule has 2 unspecified atom stereocenters. The molecule has 0 radical (unpaired) electrons. The van der Waals surface area contributed by atoms with Crippen molar-refractivity contribution in [2.75, 3.05) is 0 Å². The number of carbonyl (C=O) groups is 1. The zero-order chi connectivity index (χ0) is 10.6. The third-order valence-corrected chi connectivity index (χ3v) is 2.15. The summed E-state index contributed by atoms with van der Waals surface area (Å²) in [6, 6.07) is 0. The zero-order valence-corrected chi connectivity index (χ0v) is 8.01. The van der Waals surface area contributed by atoms with E-state index in [1.54, 1.807) is 24.3 Å². The summed E-state index contributed by atoms with van der Waals surface area (Å²) in [5, 5.41) is 18.5. The summed E-state index contributed by atoms with van der Waals surface area (Å²) in [5.74, 6) is 0. The highest BCUT2D eigenvalue weighted by Crippen LogP contribution is 2.26. The van der Waals surface area contributed by atoms with Crippen LogP contribution in [0.2, 0.25) is 0 Å². The molecule has 4 nitrogen and oxygen atoms in total. The lowest BCUT2D eigenvalue weighted by Gasteiger charge is -2.31. The van der Waals surface area contributed by atoms with Gasteiger partial charge in [-0.2, -0.15) is 0 Å². The van der Waals surface area contributed by atoms with Gasteiger partial charge < -0.3 is 14.9 Å². The van der Waals surface area contributed by atoms with Gasteiger partial charge in [0.1, 0.15) is 5.60 Å². The van der Waals surface area contributed by atoms with E-state index in [-0.39, 0.29) is 0 Å². The molecule has 1 rings (SSSR count). The number of rotatable bonds is 3. The summed E-state index contributed by atoms with van der Waals surface area (Å²) < 4.78 is 4.59. The van der Waals surface area contributed by atoms with Crippen molar-refractivity contribution in [3.8, 4) is 0 Å². The number of hydrogen-bond donors (Lipinski definition) is 2. The van der Waals surface area contributed by atoms with Crippen LogP contribution in [0.3, 0.4) is 0 Å². The average molecular weight is 198 g/mol. The molecule has 2 N–H and O–H groups in total. The summed E-state index contributed by atoms with van der Waals surface area (Å²) in [7, 11) is 0. The minimum Gasteiger partial charge on any atom is -0.450 e. The Morgan fingerprint density at radius 2 is 2.29 bits per heavy atom. The van der Waals surface area contributed by atoms with Crippen LogP contribution in [-0.2, 0) is 4.74 Å². The van der Waals surface area contributed by atoms with E-state index in [9.17, 15) is 9.90 Å². The van der Waals surface area contributed by atoms with Gasteiger partial charge >= 0.3 is 6.16 Å². The third kappa shape index (κ3) is 2.35. The van der Waals surface area contributed by atoms with Crippen LogP contribution < -0.4 is 0 Å². The van der Waals surface area contributed by atoms with Gasteiger partial charge in [-0.05, 0) is 18.6 Å². The predicted molar refractivity (Wildman–Crippen MR) is 51.0 cm³/mol. The molecule has 0 spiro atoms. The molecule has 4 heteroatoms. The number of hydrogen-bond acceptors (Lipinski definition) is 3. The lowest BCUT2D eigenvalue weighted by atomic mass is 9.88. The fourth-order valence-electron chi connectivity index (χ4n) is 1.52. The van der Waals surface area contributed by atoms with E-state index in [1.807, 2.05) is 6.92 Å². The Kier molecular flexibility index (Phi) is 3.30. The van der Waals surface area contributed by atoms with Crippen LogP contribution in [0.25, 0.3) is 0 Å². The van der Waals surface area contributed by atoms with Crippen molar-refractivity contribution >= 4 is 6.16 Å². The molecule has 1 aliphatic rings. The monoisotopic (exact) mass is 198 g/mol. The maximum absolute atomic E-state index is 10.4. The standard InChI is InChI=1S/C10H14O4/c1-2-6-10(13)7-4-3-5-8(10)14-9(11)12/h3-5,7-8,13H,2,6H2,1H3,(H,11,12). The van der Waals surface area contributed by atoms with Crippen molar-refractivity contribution in [2.45, 2.75) is 31.5 Å². The minimum absolute atomic E-state index is 0.478. The van der Waals surface area contributed by atoms with Crippen molar-refractivity contribution in [3.63, 3.8) is 0 Å². The van der Waals surface area contributed by atoms with Gasteiger partial charge in [0.25, 0.3) is 0 Å². The highest BCUT2D eigenvalue weighted by atomic mass is 16.7. The molecular weight excluding hydrogens is 184 g/mol. The molecule has 0 bridgehead atoms. The normalized spacial score (nSPS) is 30.3. The minimum atomic E-state index is -1.37. The van der Waals surface area contributed by atoms with Gasteiger partial charge in [0.15, 0.2) is 6.10 Å². The number of carboxylic acid groups (broad SMARTS) is 1. The maximum atomic E-state index is 10.4. The fraction of sp³-hybridized carbons (Fsp3) is 0.500. The van der Waals surface area contributed by atoms with Gasteiger partial charge in [0.2, 0.25) is 0 Å². The molecule has 0 aliphatic heterocycles. The molecule has 78 valence electrons. The summed E-state index contributed by atoms with van der Waals surface area (Å²) >= 11 is 0. The predicted octanol–water partition coefficient (Wildman–Crippen LogP) is 1.71. The van der Waals surface area contributed by atoms with Gasteiger partial charge in [0, 0.05) is 0 Å². The quantitative estimate of drug-likeness (QED) is 0.677. The van der Waals surface area contributed by atoms with Crippen molar-refractivity contribution < 1.29 is 19.7 Å². The van der Waals surface area contributed by atoms with Gasteiger partial charge in [-0.3, -0.25) is 0 Å². The van der Waals surface area contributed by atoms with Gasteiger partial charge in [-0.25, -0.2) is 4.79 Å². The first kappa shape index (κ1) is 10.8. The van der Waals surface area contributed by atoms with E-state index < -0.39 is 17.9 Å². The van der Waals surface area contributed by atoms with E-state index in [2.05, 4.69) is 4.74 Å². The molecule has 0 heterocycles. The Morgan fingerprint density at radius 3 is 2.86 bits per heavy atom. The molecule has 2 atom stereocenters. The number of allylic oxidation sites excluding steroid dienone is 2. The SMILES string of the molecule is CCCC1(O)C=CC=CC1OC(=O)O. The second kappa shape index (κ2) is 4.28. The van der Waals surface area contributed by atoms with E-state index in [0.717, 1.165) is 6.42 Å². The van der Waals surface area contributed by atoms with E-state index in [4.69, 9.17) is 5.11 Å². The van der Waals surface area contributed by atoms with E-state index >= 15 is 0 Å². The van der Waals surface area contributed by atoms with Crippen LogP contribution in [0.5, 0.6) is 0 Å². The lowest BCUT2D eigenvalue weighted by Crippen LogP contribution is -2.43. The average Bonchev–Trinajstić information content (AvgIpc) is 2.09. The van der Waals surface area contributed by atoms with Crippen LogP contribution in [0.4, 0.5) is 4.79 Å². The Hall–Kier alpha value is -1.29. The van der Waals surface area contributed by atoms with Crippen LogP contribution in [0, 0.1) is 0 Å². The number of aliphatic hydroxyl groups is 1. The largest absolute Gasteiger partial charge is 0.506 e. The molecular formula is C10H14O4. The van der Waals surface area contributed by atoms with Crippen LogP contribution in [-0.4, -0.2) is 28.1 Å². The third-order valence-electron chi connectivity index (χ3n) is 2.15. The molecule has 0 aromatic carbocycles. The molecule has 0 fully saturated rings. The highest BCUT2D eigenvalue weighted by molar-refractivity contribution is 5.57. The molecule has 1 aliphatic carbocycles. The van der Waals surface area contributed by atoms with Crippen molar-refractivity contribution in [2.24, 2.45) is 0 Å². The molecule has 14 heavy (non-hydrogen) atoms. The van der Waals surface area contributed by atoms with E-state index in [1.165, 1.54) is 0 Å². The summed E-state index contributed by atoms with van der Waals surface area (Å²) in [6.45, 7) is 1.92. The molecule has 0 amide bonds. The first-order valence-electron chi connectivity index (χ1n) is 4.56. The van der Waals surface area contributed by atoms with Crippen LogP contribution in [0.1, 0.15) is 19.8 Å². The second-order valence-electron chi connectivity index (χ2n) is 3.29. The Bertz CT molecular complexity index is 269. The summed E-state index contributed by atoms with van der Waals surface area (Å²) in [4.78, 5) is 10.4. The summed E-state index contributed by atoms with van der Waals surface area (Å²) in [6.07, 6.45) is 5.54. The molecule has 0 saturated heterocycles. The number of ether oxygens (including phenoxy) is 1. The van der Waals surface area contributed by atoms with Gasteiger partial charge in [-0.1, -0.05) is 25.5 Å².